The van der Waals surface area contributed by atoms with E-state index in [4.69, 9.17) is 19.9 Å². The first-order valence-electron chi connectivity index (χ1n) is 7.51. The highest BCUT2D eigenvalue weighted by Crippen LogP contribution is 2.39. The van der Waals surface area contributed by atoms with Gasteiger partial charge in [-0.1, -0.05) is 0 Å². The van der Waals surface area contributed by atoms with E-state index in [9.17, 15) is 4.79 Å². The van der Waals surface area contributed by atoms with Crippen molar-refractivity contribution in [3.05, 3.63) is 17.7 Å². The first kappa shape index (κ1) is 16.4. The molecule has 1 aliphatic rings. The van der Waals surface area contributed by atoms with Gasteiger partial charge in [-0.2, -0.15) is 0 Å². The maximum atomic E-state index is 11.2. The molecule has 1 saturated heterocycles. The molecule has 0 spiro atoms. The van der Waals surface area contributed by atoms with Crippen LogP contribution in [0.5, 0.6) is 17.2 Å². The lowest BCUT2D eigenvalue weighted by atomic mass is 9.96. The van der Waals surface area contributed by atoms with Crippen molar-refractivity contribution in [2.75, 3.05) is 34.4 Å². The van der Waals surface area contributed by atoms with Crippen molar-refractivity contribution in [3.63, 3.8) is 0 Å². The van der Waals surface area contributed by atoms with E-state index >= 15 is 0 Å². The third-order valence-electron chi connectivity index (χ3n) is 4.32. The number of amides is 1. The zero-order valence-electron chi connectivity index (χ0n) is 13.5. The van der Waals surface area contributed by atoms with Crippen LogP contribution in [0.2, 0.25) is 0 Å². The summed E-state index contributed by atoms with van der Waals surface area (Å²) in [5.74, 6) is 1.84. The predicted octanol–water partition coefficient (Wildman–Crippen LogP) is -0.00740. The molecule has 1 aromatic rings. The third kappa shape index (κ3) is 3.44. The van der Waals surface area contributed by atoms with Crippen LogP contribution in [-0.2, 0) is 11.3 Å². The van der Waals surface area contributed by atoms with E-state index in [2.05, 4.69) is 0 Å². The van der Waals surface area contributed by atoms with Gasteiger partial charge in [-0.05, 0) is 12.1 Å². The number of primary amides is 1. The minimum Gasteiger partial charge on any atom is -0.493 e. The molecule has 0 aromatic heterocycles. The number of nitrogens with one attached hydrogen (secondary N) is 1. The summed E-state index contributed by atoms with van der Waals surface area (Å²) in [5.41, 5.74) is 6.46. The van der Waals surface area contributed by atoms with Crippen LogP contribution >= 0.6 is 0 Å². The number of quaternary nitrogens is 1. The molecule has 6 nitrogen and oxygen atoms in total. The van der Waals surface area contributed by atoms with Gasteiger partial charge < -0.3 is 24.8 Å². The molecule has 1 aromatic carbocycles. The number of hydrogen-bond acceptors (Lipinski definition) is 4. The highest BCUT2D eigenvalue weighted by Gasteiger charge is 2.27. The molecule has 3 N–H and O–H groups in total. The summed E-state index contributed by atoms with van der Waals surface area (Å²) in [6, 6.07) is 3.90. The van der Waals surface area contributed by atoms with Crippen LogP contribution in [-0.4, -0.2) is 40.3 Å². The smallest absolute Gasteiger partial charge is 0.220 e. The Balaban J connectivity index is 2.12. The van der Waals surface area contributed by atoms with Crippen molar-refractivity contribution in [1.29, 1.82) is 0 Å². The second-order valence-electron chi connectivity index (χ2n) is 5.60. The molecule has 22 heavy (non-hydrogen) atoms. The lowest BCUT2D eigenvalue weighted by Gasteiger charge is -2.28. The number of benzene rings is 1. The molecule has 1 aliphatic heterocycles. The molecule has 122 valence electrons. The molecular formula is C16H25N2O4+. The van der Waals surface area contributed by atoms with E-state index in [0.29, 0.717) is 17.2 Å². The minimum absolute atomic E-state index is 0.0241. The molecule has 1 amide bonds. The molecule has 1 fully saturated rings. The third-order valence-corrected chi connectivity index (χ3v) is 4.32. The van der Waals surface area contributed by atoms with Crippen molar-refractivity contribution in [1.82, 2.24) is 0 Å². The monoisotopic (exact) mass is 309 g/mol. The highest BCUT2D eigenvalue weighted by molar-refractivity contribution is 5.76. The Morgan fingerprint density at radius 1 is 1.14 bits per heavy atom. The Morgan fingerprint density at radius 3 is 2.27 bits per heavy atom. The summed E-state index contributed by atoms with van der Waals surface area (Å²) in [6.45, 7) is 2.70. The van der Waals surface area contributed by atoms with Gasteiger partial charge in [0.15, 0.2) is 11.5 Å². The van der Waals surface area contributed by atoms with Crippen LogP contribution in [0.1, 0.15) is 18.4 Å². The quantitative estimate of drug-likeness (QED) is 0.775. The van der Waals surface area contributed by atoms with E-state index in [1.165, 1.54) is 4.90 Å². The Bertz CT molecular complexity index is 525. The second kappa shape index (κ2) is 7.35. The molecular weight excluding hydrogens is 284 g/mol. The normalized spacial score (nSPS) is 21.2. The van der Waals surface area contributed by atoms with Crippen LogP contribution in [0.3, 0.4) is 0 Å². The number of nitrogens with two attached hydrogens (primary N) is 1. The summed E-state index contributed by atoms with van der Waals surface area (Å²) >= 11 is 0. The van der Waals surface area contributed by atoms with E-state index in [1.807, 2.05) is 12.1 Å². The lowest BCUT2D eigenvalue weighted by molar-refractivity contribution is -0.919. The predicted molar refractivity (Wildman–Crippen MR) is 82.4 cm³/mol. The molecule has 0 unspecified atom stereocenters. The number of hydrogen-bond donors (Lipinski definition) is 2. The molecule has 2 rings (SSSR count). The maximum absolute atomic E-state index is 11.2. The van der Waals surface area contributed by atoms with Gasteiger partial charge in [0, 0.05) is 18.8 Å². The Kier molecular flexibility index (Phi) is 5.49. The summed E-state index contributed by atoms with van der Waals surface area (Å²) in [7, 11) is 4.85. The van der Waals surface area contributed by atoms with Crippen molar-refractivity contribution < 1.29 is 23.9 Å². The van der Waals surface area contributed by atoms with E-state index in [0.717, 1.165) is 38.0 Å². The van der Waals surface area contributed by atoms with Crippen LogP contribution in [0.4, 0.5) is 0 Å². The minimum atomic E-state index is -0.178. The van der Waals surface area contributed by atoms with Crippen molar-refractivity contribution in [3.8, 4) is 17.2 Å². The Hall–Kier alpha value is -1.95. The average Bonchev–Trinajstić information content (AvgIpc) is 2.54. The summed E-state index contributed by atoms with van der Waals surface area (Å²) < 4.78 is 16.2. The number of piperidine rings is 1. The maximum Gasteiger partial charge on any atom is 0.220 e. The number of carbonyl (C=O) groups excluding carboxylic acids is 1. The number of ether oxygens (including phenoxy) is 3. The van der Waals surface area contributed by atoms with Crippen LogP contribution in [0.25, 0.3) is 0 Å². The number of methoxy groups -OCH3 is 3. The molecule has 0 aliphatic carbocycles. The fourth-order valence-corrected chi connectivity index (χ4v) is 3.06. The van der Waals surface area contributed by atoms with Gasteiger partial charge in [0.1, 0.15) is 6.54 Å². The summed E-state index contributed by atoms with van der Waals surface area (Å²) in [6.07, 6.45) is 1.69. The van der Waals surface area contributed by atoms with Crippen molar-refractivity contribution in [2.45, 2.75) is 19.4 Å². The van der Waals surface area contributed by atoms with E-state index < -0.39 is 0 Å². The topological polar surface area (TPSA) is 75.2 Å². The first-order valence-corrected chi connectivity index (χ1v) is 7.51. The van der Waals surface area contributed by atoms with Gasteiger partial charge >= 0.3 is 0 Å². The average molecular weight is 309 g/mol. The van der Waals surface area contributed by atoms with Gasteiger partial charge in [0.25, 0.3) is 0 Å². The van der Waals surface area contributed by atoms with Crippen LogP contribution < -0.4 is 24.8 Å². The first-order chi connectivity index (χ1) is 10.6. The zero-order valence-corrected chi connectivity index (χ0v) is 13.5. The molecule has 0 saturated carbocycles. The Labute approximate surface area is 131 Å². The summed E-state index contributed by atoms with van der Waals surface area (Å²) in [4.78, 5) is 12.7. The SMILES string of the molecule is COc1ccc(C[NH+]2CCC(C(N)=O)CC2)c(OC)c1OC. The number of likely N-dealkylation sites (tertiary alicyclic amines) is 1. The van der Waals surface area contributed by atoms with Gasteiger partial charge in [0.05, 0.1) is 40.0 Å². The molecule has 6 heteroatoms. The van der Waals surface area contributed by atoms with E-state index in [-0.39, 0.29) is 11.8 Å². The molecule has 0 bridgehead atoms. The molecule has 0 radical (unpaired) electrons. The standard InChI is InChI=1S/C16H24N2O4/c1-20-13-5-4-12(14(21-2)15(13)22-3)10-18-8-6-11(7-9-18)16(17)19/h4-5,11H,6-10H2,1-3H3,(H2,17,19)/p+1. The summed E-state index contributed by atoms with van der Waals surface area (Å²) in [5, 5.41) is 0. The van der Waals surface area contributed by atoms with E-state index in [1.54, 1.807) is 21.3 Å². The van der Waals surface area contributed by atoms with Crippen LogP contribution in [0.15, 0.2) is 12.1 Å². The second-order valence-corrected chi connectivity index (χ2v) is 5.60. The van der Waals surface area contributed by atoms with Gasteiger partial charge in [-0.3, -0.25) is 4.79 Å². The largest absolute Gasteiger partial charge is 0.493 e. The number of rotatable bonds is 6. The van der Waals surface area contributed by atoms with Gasteiger partial charge in [-0.25, -0.2) is 0 Å². The lowest BCUT2D eigenvalue weighted by Crippen LogP contribution is -3.11. The highest BCUT2D eigenvalue weighted by atomic mass is 16.5. The van der Waals surface area contributed by atoms with Gasteiger partial charge in [0.2, 0.25) is 11.7 Å². The fraction of sp³-hybridized carbons (Fsp3) is 0.562. The van der Waals surface area contributed by atoms with Gasteiger partial charge in [-0.15, -0.1) is 0 Å². The molecule has 0 atom stereocenters. The Morgan fingerprint density at radius 2 is 1.77 bits per heavy atom. The number of carbonyl (C=O) groups is 1. The fourth-order valence-electron chi connectivity index (χ4n) is 3.06. The van der Waals surface area contributed by atoms with Crippen molar-refractivity contribution in [2.24, 2.45) is 11.7 Å². The zero-order chi connectivity index (χ0) is 16.1. The molecule has 1 heterocycles. The van der Waals surface area contributed by atoms with Crippen LogP contribution in [0, 0.1) is 5.92 Å². The van der Waals surface area contributed by atoms with Crippen molar-refractivity contribution >= 4 is 5.91 Å².